The molecule has 3 rings (SSSR count). The summed E-state index contributed by atoms with van der Waals surface area (Å²) in [6.07, 6.45) is -5.32. The first-order valence-electron chi connectivity index (χ1n) is 7.23. The number of H-pyrrole nitrogens is 1. The quantitative estimate of drug-likeness (QED) is 0.321. The minimum Gasteiger partial charge on any atom is -0.394 e. The van der Waals surface area contributed by atoms with Crippen molar-refractivity contribution in [3.05, 3.63) is 20.8 Å². The van der Waals surface area contributed by atoms with E-state index in [1.165, 1.54) is 0 Å². The molecule has 12 heteroatoms. The minimum atomic E-state index is -1.50. The number of nitrogen functional groups attached to an aromatic ring is 1. The second-order valence-corrected chi connectivity index (χ2v) is 5.45. The minimum absolute atomic E-state index is 0.0335. The summed E-state index contributed by atoms with van der Waals surface area (Å²) in [5.41, 5.74) is 9.48. The Morgan fingerprint density at radius 1 is 1.29 bits per heavy atom. The number of nitrogens with two attached hydrogens (primary N) is 2. The zero-order valence-electron chi connectivity index (χ0n) is 12.5. The van der Waals surface area contributed by atoms with E-state index in [0.717, 1.165) is 9.13 Å². The summed E-state index contributed by atoms with van der Waals surface area (Å²) in [5, 5.41) is 29.2. The van der Waals surface area contributed by atoms with Crippen molar-refractivity contribution in [3.8, 4) is 0 Å². The largest absolute Gasteiger partial charge is 0.394 e. The van der Waals surface area contributed by atoms with E-state index in [9.17, 15) is 24.9 Å². The molecule has 132 valence electrons. The fourth-order valence-corrected chi connectivity index (χ4v) is 2.86. The van der Waals surface area contributed by atoms with Crippen LogP contribution in [-0.2, 0) is 11.3 Å². The molecule has 0 amide bonds. The summed E-state index contributed by atoms with van der Waals surface area (Å²) in [4.78, 5) is 31.1. The summed E-state index contributed by atoms with van der Waals surface area (Å²) < 4.78 is 7.38. The molecule has 0 radical (unpaired) electrons. The highest BCUT2D eigenvalue weighted by atomic mass is 16.6. The molecule has 3 heterocycles. The fraction of sp³-hybridized carbons (Fsp3) is 0.583. The first-order chi connectivity index (χ1) is 11.4. The van der Waals surface area contributed by atoms with E-state index in [2.05, 4.69) is 9.97 Å². The predicted octanol–water partition coefficient (Wildman–Crippen LogP) is -3.96. The van der Waals surface area contributed by atoms with E-state index in [4.69, 9.17) is 16.2 Å². The molecule has 2 aromatic rings. The van der Waals surface area contributed by atoms with E-state index in [1.54, 1.807) is 0 Å². The van der Waals surface area contributed by atoms with Gasteiger partial charge in [-0.1, -0.05) is 0 Å². The van der Waals surface area contributed by atoms with Gasteiger partial charge in [0.25, 0.3) is 5.56 Å². The lowest BCUT2D eigenvalue weighted by Gasteiger charge is -2.15. The van der Waals surface area contributed by atoms with Gasteiger partial charge in [-0.2, -0.15) is 4.98 Å². The summed E-state index contributed by atoms with van der Waals surface area (Å²) >= 11 is 0. The molecular weight excluding hydrogens is 324 g/mol. The molecular formula is C12H18N6O6. The lowest BCUT2D eigenvalue weighted by atomic mass is 10.1. The molecule has 0 aliphatic carbocycles. The van der Waals surface area contributed by atoms with Crippen LogP contribution in [0.25, 0.3) is 11.2 Å². The monoisotopic (exact) mass is 342 g/mol. The molecule has 0 saturated carbocycles. The Kier molecular flexibility index (Phi) is 4.15. The second kappa shape index (κ2) is 5.99. The van der Waals surface area contributed by atoms with E-state index < -0.39 is 42.4 Å². The molecule has 0 bridgehead atoms. The number of aliphatic hydroxyl groups excluding tert-OH is 3. The third-order valence-corrected chi connectivity index (χ3v) is 3.95. The van der Waals surface area contributed by atoms with E-state index in [0.29, 0.717) is 0 Å². The molecule has 2 aromatic heterocycles. The molecule has 4 atom stereocenters. The molecule has 0 aromatic carbocycles. The van der Waals surface area contributed by atoms with Gasteiger partial charge >= 0.3 is 5.69 Å². The summed E-state index contributed by atoms with van der Waals surface area (Å²) in [6, 6.07) is 0. The van der Waals surface area contributed by atoms with E-state index >= 15 is 0 Å². The van der Waals surface area contributed by atoms with Crippen LogP contribution in [0.15, 0.2) is 9.59 Å². The average molecular weight is 342 g/mol. The van der Waals surface area contributed by atoms with Crippen molar-refractivity contribution in [1.29, 1.82) is 0 Å². The topological polar surface area (TPSA) is 195 Å². The van der Waals surface area contributed by atoms with Gasteiger partial charge in [-0.05, 0) is 0 Å². The molecule has 8 N–H and O–H groups in total. The van der Waals surface area contributed by atoms with Gasteiger partial charge in [0.2, 0.25) is 5.95 Å². The highest BCUT2D eigenvalue weighted by Crippen LogP contribution is 2.30. The van der Waals surface area contributed by atoms with Crippen LogP contribution in [0.4, 0.5) is 5.95 Å². The van der Waals surface area contributed by atoms with Crippen LogP contribution in [0, 0.1) is 0 Å². The smallest absolute Gasteiger partial charge is 0.332 e. The maximum Gasteiger partial charge on any atom is 0.332 e. The number of hydrogen-bond donors (Lipinski definition) is 6. The summed E-state index contributed by atoms with van der Waals surface area (Å²) in [7, 11) is 0. The highest BCUT2D eigenvalue weighted by molar-refractivity contribution is 5.71. The molecule has 1 aliphatic heterocycles. The van der Waals surface area contributed by atoms with Crippen LogP contribution >= 0.6 is 0 Å². The first kappa shape index (κ1) is 16.6. The van der Waals surface area contributed by atoms with Crippen molar-refractivity contribution in [2.24, 2.45) is 5.73 Å². The summed E-state index contributed by atoms with van der Waals surface area (Å²) in [5.74, 6) is -0.224. The number of ether oxygens (including phenoxy) is 1. The number of hydrogen-bond acceptors (Lipinski definition) is 9. The molecule has 1 aliphatic rings. The fourth-order valence-electron chi connectivity index (χ4n) is 2.86. The number of nitrogens with one attached hydrogen (secondary N) is 1. The lowest BCUT2D eigenvalue weighted by molar-refractivity contribution is -0.0527. The van der Waals surface area contributed by atoms with Crippen LogP contribution in [-0.4, -0.2) is 65.9 Å². The van der Waals surface area contributed by atoms with Gasteiger partial charge in [-0.15, -0.1) is 0 Å². The normalized spacial score (nSPS) is 27.2. The van der Waals surface area contributed by atoms with Gasteiger partial charge in [-0.3, -0.25) is 14.3 Å². The molecule has 24 heavy (non-hydrogen) atoms. The Hall–Kier alpha value is -2.25. The van der Waals surface area contributed by atoms with Gasteiger partial charge < -0.3 is 31.5 Å². The van der Waals surface area contributed by atoms with E-state index in [-0.39, 0.29) is 30.2 Å². The summed E-state index contributed by atoms with van der Waals surface area (Å²) in [6.45, 7) is -0.439. The van der Waals surface area contributed by atoms with Crippen LogP contribution in [0.5, 0.6) is 0 Å². The van der Waals surface area contributed by atoms with Crippen molar-refractivity contribution in [2.75, 3.05) is 18.9 Å². The third-order valence-electron chi connectivity index (χ3n) is 3.95. The van der Waals surface area contributed by atoms with Crippen LogP contribution < -0.4 is 22.7 Å². The predicted molar refractivity (Wildman–Crippen MR) is 81.1 cm³/mol. The molecule has 1 fully saturated rings. The Morgan fingerprint density at radius 3 is 2.58 bits per heavy atom. The molecule has 1 saturated heterocycles. The van der Waals surface area contributed by atoms with Gasteiger partial charge in [-0.25, -0.2) is 9.36 Å². The Bertz CT molecular complexity index is 871. The standard InChI is InChI=1S/C12H18N6O6/c13-1-2-17-5-8(15-11(14)16-9(5)22)18(12(17)23)10-7(21)6(20)4(3-19)24-10/h4,6-7,10,19-21H,1-3,13H2,(H3,14,15,16,22)/t4-,6+,7-,10-/m1/s1. The number of aliphatic hydroxyl groups is 3. The number of aromatic nitrogens is 4. The van der Waals surface area contributed by atoms with Gasteiger partial charge in [0.15, 0.2) is 17.4 Å². The van der Waals surface area contributed by atoms with Crippen molar-refractivity contribution in [1.82, 2.24) is 19.1 Å². The number of rotatable bonds is 4. The van der Waals surface area contributed by atoms with Crippen molar-refractivity contribution in [3.63, 3.8) is 0 Å². The molecule has 0 unspecified atom stereocenters. The van der Waals surface area contributed by atoms with E-state index in [1.807, 2.05) is 0 Å². The Labute approximate surface area is 133 Å². The SMILES string of the molecule is NCCn1c(=O)n([C@@H]2O[C@H](CO)[C@H](O)[C@H]2O)c2nc(N)[nH]c(=O)c21. The lowest BCUT2D eigenvalue weighted by Crippen LogP contribution is -2.36. The highest BCUT2D eigenvalue weighted by Gasteiger charge is 2.45. The zero-order chi connectivity index (χ0) is 17.6. The number of anilines is 1. The second-order valence-electron chi connectivity index (χ2n) is 5.45. The van der Waals surface area contributed by atoms with Crippen LogP contribution in [0.2, 0.25) is 0 Å². The number of fused-ring (bicyclic) bond motifs is 1. The molecule has 12 nitrogen and oxygen atoms in total. The van der Waals surface area contributed by atoms with Crippen molar-refractivity contribution < 1.29 is 20.1 Å². The molecule has 0 spiro atoms. The van der Waals surface area contributed by atoms with Crippen LogP contribution in [0.1, 0.15) is 6.23 Å². The maximum atomic E-state index is 12.7. The first-order valence-corrected chi connectivity index (χ1v) is 7.23. The van der Waals surface area contributed by atoms with Crippen LogP contribution in [0.3, 0.4) is 0 Å². The van der Waals surface area contributed by atoms with Gasteiger partial charge in [0.05, 0.1) is 6.61 Å². The average Bonchev–Trinajstić information content (AvgIpc) is 2.96. The maximum absolute atomic E-state index is 12.7. The zero-order valence-corrected chi connectivity index (χ0v) is 12.5. The van der Waals surface area contributed by atoms with Crippen molar-refractivity contribution in [2.45, 2.75) is 31.1 Å². The van der Waals surface area contributed by atoms with Crippen molar-refractivity contribution >= 4 is 17.1 Å². The third kappa shape index (κ3) is 2.32. The Morgan fingerprint density at radius 2 is 2.00 bits per heavy atom. The van der Waals surface area contributed by atoms with Gasteiger partial charge in [0.1, 0.15) is 18.3 Å². The van der Waals surface area contributed by atoms with Gasteiger partial charge in [0, 0.05) is 13.1 Å². The Balaban J connectivity index is 2.27. The number of nitrogens with zero attached hydrogens (tertiary/aromatic N) is 3. The number of imidazole rings is 1. The number of aromatic amines is 1.